The average molecular weight is 525 g/mol. The lowest BCUT2D eigenvalue weighted by Crippen LogP contribution is -2.46. The van der Waals surface area contributed by atoms with E-state index < -0.39 is 29.6 Å². The standard InChI is InChI=1S/C26H25FN4O5S/c1-31-19-7-14(4-6-20(19)36-26(31)33)15-3-5-18-22(8-15)37-23(24(18)27)9-16(10-28)30-25(32)21-12-29-11-17(34-2)13-35-21/h3-8,16-17,21,29H,9,11-13H2,1-2H3,(H,30,32)/t16-,17?,21?/m0/s1. The minimum atomic E-state index is -0.913. The van der Waals surface area contributed by atoms with Crippen molar-refractivity contribution in [2.75, 3.05) is 26.8 Å². The van der Waals surface area contributed by atoms with Crippen LogP contribution >= 0.6 is 11.3 Å². The highest BCUT2D eigenvalue weighted by molar-refractivity contribution is 7.19. The molecule has 0 spiro atoms. The third kappa shape index (κ3) is 5.01. The van der Waals surface area contributed by atoms with Crippen LogP contribution in [-0.2, 0) is 27.7 Å². The highest BCUT2D eigenvalue weighted by atomic mass is 32.1. The van der Waals surface area contributed by atoms with Crippen LogP contribution in [0, 0.1) is 17.1 Å². The number of nitriles is 1. The third-order valence-electron chi connectivity index (χ3n) is 6.49. The fourth-order valence-corrected chi connectivity index (χ4v) is 5.52. The molecule has 5 rings (SSSR count). The monoisotopic (exact) mass is 524 g/mol. The molecule has 3 heterocycles. The molecular formula is C26H25FN4O5S. The molecule has 0 aliphatic carbocycles. The van der Waals surface area contributed by atoms with Crippen molar-refractivity contribution in [1.82, 2.24) is 15.2 Å². The predicted octanol–water partition coefficient (Wildman–Crippen LogP) is 2.71. The summed E-state index contributed by atoms with van der Waals surface area (Å²) in [5.74, 6) is -1.26. The summed E-state index contributed by atoms with van der Waals surface area (Å²) in [6.45, 7) is 1.11. The average Bonchev–Trinajstić information content (AvgIpc) is 3.23. The van der Waals surface area contributed by atoms with Gasteiger partial charge in [-0.05, 0) is 35.4 Å². The van der Waals surface area contributed by atoms with Crippen molar-refractivity contribution in [3.05, 3.63) is 57.6 Å². The fraction of sp³-hybridized carbons (Fsp3) is 0.346. The first kappa shape index (κ1) is 25.1. The molecule has 2 aromatic heterocycles. The molecule has 0 radical (unpaired) electrons. The molecule has 2 aromatic carbocycles. The van der Waals surface area contributed by atoms with Crippen molar-refractivity contribution in [2.24, 2.45) is 7.05 Å². The smallest absolute Gasteiger partial charge is 0.408 e. The number of amides is 1. The quantitative estimate of drug-likeness (QED) is 0.398. The van der Waals surface area contributed by atoms with Crippen molar-refractivity contribution in [3.8, 4) is 17.2 Å². The topological polar surface area (TPSA) is 119 Å². The van der Waals surface area contributed by atoms with E-state index in [1.165, 1.54) is 15.9 Å². The number of nitrogens with zero attached hydrogens (tertiary/aromatic N) is 2. The summed E-state index contributed by atoms with van der Waals surface area (Å²) in [6.07, 6.45) is -0.888. The fourth-order valence-electron chi connectivity index (χ4n) is 4.35. The lowest BCUT2D eigenvalue weighted by Gasteiger charge is -2.18. The van der Waals surface area contributed by atoms with Gasteiger partial charge < -0.3 is 24.5 Å². The SMILES string of the molecule is COC1CNCC(C(=O)N[C@H](C#N)Cc2sc3cc(-c4ccc5oc(=O)n(C)c5c4)ccc3c2F)OC1. The summed E-state index contributed by atoms with van der Waals surface area (Å²) >= 11 is 1.25. The van der Waals surface area contributed by atoms with E-state index >= 15 is 4.39 Å². The highest BCUT2D eigenvalue weighted by Crippen LogP contribution is 2.35. The van der Waals surface area contributed by atoms with Crippen LogP contribution in [0.3, 0.4) is 0 Å². The van der Waals surface area contributed by atoms with Gasteiger partial charge in [-0.25, -0.2) is 9.18 Å². The number of thiophene rings is 1. The Hall–Kier alpha value is -3.56. The first-order valence-corrected chi connectivity index (χ1v) is 12.6. The summed E-state index contributed by atoms with van der Waals surface area (Å²) in [5.41, 5.74) is 2.87. The molecule has 2 unspecified atom stereocenters. The normalized spacial score (nSPS) is 19.0. The first-order chi connectivity index (χ1) is 17.9. The number of aryl methyl sites for hydroxylation is 1. The molecule has 2 N–H and O–H groups in total. The molecule has 37 heavy (non-hydrogen) atoms. The van der Waals surface area contributed by atoms with E-state index in [1.807, 2.05) is 24.3 Å². The molecule has 3 atom stereocenters. The highest BCUT2D eigenvalue weighted by Gasteiger charge is 2.27. The molecule has 4 aromatic rings. The van der Waals surface area contributed by atoms with Crippen LogP contribution in [0.25, 0.3) is 32.3 Å². The molecule has 1 fully saturated rings. The van der Waals surface area contributed by atoms with Crippen molar-refractivity contribution < 1.29 is 23.1 Å². The summed E-state index contributed by atoms with van der Waals surface area (Å²) in [4.78, 5) is 24.9. The Bertz CT molecular complexity index is 1570. The minimum absolute atomic E-state index is 0.0344. The number of rotatable bonds is 6. The lowest BCUT2D eigenvalue weighted by atomic mass is 10.0. The van der Waals surface area contributed by atoms with Gasteiger partial charge in [-0.3, -0.25) is 9.36 Å². The van der Waals surface area contributed by atoms with Crippen LogP contribution in [-0.4, -0.2) is 55.5 Å². The van der Waals surface area contributed by atoms with Gasteiger partial charge in [0.1, 0.15) is 18.0 Å². The second kappa shape index (κ2) is 10.4. The van der Waals surface area contributed by atoms with Crippen LogP contribution in [0.4, 0.5) is 4.39 Å². The number of carbonyl (C=O) groups is 1. The molecule has 1 aliphatic heterocycles. The summed E-state index contributed by atoms with van der Waals surface area (Å²) in [5, 5.41) is 15.9. The number of hydrogen-bond acceptors (Lipinski definition) is 8. The Morgan fingerprint density at radius 1 is 1.32 bits per heavy atom. The number of halogens is 1. The number of benzene rings is 2. The van der Waals surface area contributed by atoms with Gasteiger partial charge in [0.2, 0.25) is 0 Å². The zero-order valence-electron chi connectivity index (χ0n) is 20.2. The maximum atomic E-state index is 15.2. The van der Waals surface area contributed by atoms with Gasteiger partial charge in [-0.15, -0.1) is 11.3 Å². The van der Waals surface area contributed by atoms with Crippen LogP contribution in [0.2, 0.25) is 0 Å². The third-order valence-corrected chi connectivity index (χ3v) is 7.64. The first-order valence-electron chi connectivity index (χ1n) is 11.7. The lowest BCUT2D eigenvalue weighted by molar-refractivity contribution is -0.133. The number of fused-ring (bicyclic) bond motifs is 2. The number of oxazole rings is 1. The van der Waals surface area contributed by atoms with E-state index in [0.29, 0.717) is 34.5 Å². The van der Waals surface area contributed by atoms with Gasteiger partial charge in [0.25, 0.3) is 5.91 Å². The zero-order chi connectivity index (χ0) is 26.1. The number of aromatic nitrogens is 1. The van der Waals surface area contributed by atoms with Crippen molar-refractivity contribution in [2.45, 2.75) is 24.7 Å². The van der Waals surface area contributed by atoms with Gasteiger partial charge in [0.15, 0.2) is 5.58 Å². The molecule has 192 valence electrons. The zero-order valence-corrected chi connectivity index (χ0v) is 21.1. The van der Waals surface area contributed by atoms with Crippen molar-refractivity contribution >= 4 is 38.4 Å². The number of methoxy groups -OCH3 is 1. The Balaban J connectivity index is 1.34. The summed E-state index contributed by atoms with van der Waals surface area (Å²) in [7, 11) is 3.22. The van der Waals surface area contributed by atoms with E-state index in [-0.39, 0.29) is 19.1 Å². The maximum Gasteiger partial charge on any atom is 0.419 e. The van der Waals surface area contributed by atoms with Crippen LogP contribution in [0.1, 0.15) is 4.88 Å². The van der Waals surface area contributed by atoms with Crippen LogP contribution < -0.4 is 16.4 Å². The second-order valence-electron chi connectivity index (χ2n) is 8.89. The molecule has 9 nitrogen and oxygen atoms in total. The van der Waals surface area contributed by atoms with E-state index in [0.717, 1.165) is 15.8 Å². The van der Waals surface area contributed by atoms with Gasteiger partial charge in [-0.1, -0.05) is 12.1 Å². The molecule has 1 saturated heterocycles. The Morgan fingerprint density at radius 3 is 2.89 bits per heavy atom. The molecular weight excluding hydrogens is 499 g/mol. The Labute approximate surface area is 215 Å². The second-order valence-corrected chi connectivity index (χ2v) is 10.0. The van der Waals surface area contributed by atoms with Crippen molar-refractivity contribution in [1.29, 1.82) is 5.26 Å². The molecule has 1 amide bonds. The molecule has 0 saturated carbocycles. The van der Waals surface area contributed by atoms with E-state index in [2.05, 4.69) is 16.7 Å². The van der Waals surface area contributed by atoms with Gasteiger partial charge >= 0.3 is 5.76 Å². The predicted molar refractivity (Wildman–Crippen MR) is 137 cm³/mol. The molecule has 1 aliphatic rings. The Morgan fingerprint density at radius 2 is 2.11 bits per heavy atom. The minimum Gasteiger partial charge on any atom is -0.408 e. The van der Waals surface area contributed by atoms with Gasteiger partial charge in [0, 0.05) is 48.6 Å². The van der Waals surface area contributed by atoms with Crippen LogP contribution in [0.15, 0.2) is 45.6 Å². The van der Waals surface area contributed by atoms with Gasteiger partial charge in [-0.2, -0.15) is 5.26 Å². The van der Waals surface area contributed by atoms with E-state index in [9.17, 15) is 14.9 Å². The Kier molecular flexibility index (Phi) is 7.08. The van der Waals surface area contributed by atoms with Crippen molar-refractivity contribution in [3.63, 3.8) is 0 Å². The van der Waals surface area contributed by atoms with Gasteiger partial charge in [0.05, 0.1) is 24.3 Å². The number of hydrogen-bond donors (Lipinski definition) is 2. The van der Waals surface area contributed by atoms with E-state index in [1.54, 1.807) is 26.3 Å². The molecule has 0 bridgehead atoms. The number of nitrogens with one attached hydrogen (secondary N) is 2. The number of ether oxygens (including phenoxy) is 2. The summed E-state index contributed by atoms with van der Waals surface area (Å²) < 4.78 is 33.5. The molecule has 11 heteroatoms. The maximum absolute atomic E-state index is 15.2. The largest absolute Gasteiger partial charge is 0.419 e. The summed E-state index contributed by atoms with van der Waals surface area (Å²) in [6, 6.07) is 12.0. The van der Waals surface area contributed by atoms with Crippen LogP contribution in [0.5, 0.6) is 0 Å². The van der Waals surface area contributed by atoms with E-state index in [4.69, 9.17) is 13.9 Å². The number of carbonyl (C=O) groups excluding carboxylic acids is 1.